The van der Waals surface area contributed by atoms with Crippen molar-refractivity contribution in [1.29, 1.82) is 0 Å². The van der Waals surface area contributed by atoms with Crippen LogP contribution in [0.25, 0.3) is 43.6 Å². The molecule has 5 rings (SSSR count). The second-order valence-electron chi connectivity index (χ2n) is 6.05. The first-order chi connectivity index (χ1) is 11.9. The van der Waals surface area contributed by atoms with Crippen LogP contribution < -0.4 is 0 Å². The Morgan fingerprint density at radius 2 is 1.36 bits per heavy atom. The summed E-state index contributed by atoms with van der Waals surface area (Å²) in [5.41, 5.74) is 1.99. The molecule has 0 bridgehead atoms. The second kappa shape index (κ2) is 6.40. The summed E-state index contributed by atoms with van der Waals surface area (Å²) in [5.74, 6) is 0. The molecule has 1 heterocycles. The summed E-state index contributed by atoms with van der Waals surface area (Å²) in [4.78, 5) is 4.70. The van der Waals surface area contributed by atoms with E-state index >= 15 is 0 Å². The van der Waals surface area contributed by atoms with Gasteiger partial charge in [-0.05, 0) is 21.9 Å². The van der Waals surface area contributed by atoms with Crippen molar-refractivity contribution in [2.45, 2.75) is 0 Å². The van der Waals surface area contributed by atoms with Gasteiger partial charge in [0.15, 0.2) is 0 Å². The molecule has 0 N–H and O–H groups in total. The van der Waals surface area contributed by atoms with Crippen LogP contribution in [-0.2, 0) is 20.1 Å². The van der Waals surface area contributed by atoms with E-state index in [1.807, 2.05) is 12.3 Å². The molecule has 0 aliphatic heterocycles. The van der Waals surface area contributed by atoms with Gasteiger partial charge in [-0.1, -0.05) is 72.1 Å². The van der Waals surface area contributed by atoms with E-state index < -0.39 is 0 Å². The van der Waals surface area contributed by atoms with Gasteiger partial charge < -0.3 is 4.98 Å². The zero-order valence-corrected chi connectivity index (χ0v) is 15.8. The van der Waals surface area contributed by atoms with Gasteiger partial charge in [-0.2, -0.15) is 0 Å². The number of pyridine rings is 1. The van der Waals surface area contributed by atoms with Crippen molar-refractivity contribution in [1.82, 2.24) is 4.98 Å². The fourth-order valence-corrected chi connectivity index (χ4v) is 3.32. The van der Waals surface area contributed by atoms with Crippen molar-refractivity contribution in [2.24, 2.45) is 0 Å². The van der Waals surface area contributed by atoms with Crippen LogP contribution in [0.2, 0.25) is 0 Å². The summed E-state index contributed by atoms with van der Waals surface area (Å²) >= 11 is 0. The Kier molecular flexibility index (Phi) is 4.09. The van der Waals surface area contributed by atoms with Crippen LogP contribution >= 0.6 is 0 Å². The molecule has 4 aromatic carbocycles. The maximum atomic E-state index is 4.70. The van der Waals surface area contributed by atoms with Gasteiger partial charge >= 0.3 is 0 Å². The molecule has 0 saturated heterocycles. The Balaban J connectivity index is 0.00000157. The molecule has 1 aromatic heterocycles. The molecule has 0 amide bonds. The summed E-state index contributed by atoms with van der Waals surface area (Å²) in [5, 5.41) is 7.31. The van der Waals surface area contributed by atoms with Crippen LogP contribution in [0.1, 0.15) is 0 Å². The van der Waals surface area contributed by atoms with Crippen molar-refractivity contribution in [3.63, 3.8) is 0 Å². The van der Waals surface area contributed by atoms with Crippen molar-refractivity contribution < 1.29 is 20.1 Å². The molecule has 0 unspecified atom stereocenters. The van der Waals surface area contributed by atoms with E-state index in [1.165, 1.54) is 32.3 Å². The molecular weight excluding hydrogens is 482 g/mol. The van der Waals surface area contributed by atoms with Gasteiger partial charge in [0.25, 0.3) is 0 Å². The number of nitrogens with zero attached hydrogens (tertiary/aromatic N) is 1. The molecule has 1 nitrogen and oxygen atoms in total. The Bertz CT molecular complexity index is 1210. The number of aromatic nitrogens is 1. The third kappa shape index (κ3) is 2.74. The first-order valence-electron chi connectivity index (χ1n) is 8.07. The summed E-state index contributed by atoms with van der Waals surface area (Å²) in [6.07, 6.45) is 1.98. The molecule has 0 saturated carbocycles. The fourth-order valence-electron chi connectivity index (χ4n) is 3.32. The van der Waals surface area contributed by atoms with Crippen molar-refractivity contribution in [2.75, 3.05) is 0 Å². The smallest absolute Gasteiger partial charge is 0.0245 e. The van der Waals surface area contributed by atoms with Gasteiger partial charge in [-0.3, -0.25) is 0 Å². The van der Waals surface area contributed by atoms with Crippen LogP contribution in [-0.4, -0.2) is 4.98 Å². The van der Waals surface area contributed by atoms with E-state index in [0.717, 1.165) is 11.3 Å². The van der Waals surface area contributed by atoms with Crippen molar-refractivity contribution in [3.05, 3.63) is 91.1 Å². The SMILES string of the molecule is [Ir].[c-]1cc2ccccc2cc1-c1cc2ccc3ccccc3c2cn1. The first kappa shape index (κ1) is 16.0. The Morgan fingerprint density at radius 3 is 2.24 bits per heavy atom. The standard InChI is InChI=1S/C23H14N.Ir/c1-2-7-18-13-20(12-9-16(18)5-1)23-14-19-11-10-17-6-3-4-8-21(17)22(19)15-24-23;/h1-11,13-15H;/q-1;. The molecule has 121 valence electrons. The number of fused-ring (bicyclic) bond motifs is 4. The third-order valence-electron chi connectivity index (χ3n) is 4.58. The second-order valence-corrected chi connectivity index (χ2v) is 6.05. The van der Waals surface area contributed by atoms with E-state index in [2.05, 4.69) is 78.9 Å². The molecular formula is C23H14IrN-. The van der Waals surface area contributed by atoms with Crippen LogP contribution in [0.4, 0.5) is 0 Å². The minimum Gasteiger partial charge on any atom is -0.304 e. The van der Waals surface area contributed by atoms with Crippen molar-refractivity contribution in [3.8, 4) is 11.3 Å². The van der Waals surface area contributed by atoms with E-state index in [1.54, 1.807) is 0 Å². The van der Waals surface area contributed by atoms with E-state index in [4.69, 9.17) is 4.98 Å². The third-order valence-corrected chi connectivity index (χ3v) is 4.58. The summed E-state index contributed by atoms with van der Waals surface area (Å²) in [6.45, 7) is 0. The topological polar surface area (TPSA) is 12.9 Å². The quantitative estimate of drug-likeness (QED) is 0.205. The van der Waals surface area contributed by atoms with Gasteiger partial charge in [-0.15, -0.1) is 29.1 Å². The summed E-state index contributed by atoms with van der Waals surface area (Å²) < 4.78 is 0. The largest absolute Gasteiger partial charge is 0.304 e. The molecule has 0 fully saturated rings. The molecule has 5 aromatic rings. The molecule has 2 heteroatoms. The van der Waals surface area contributed by atoms with E-state index in [0.29, 0.717) is 0 Å². The predicted octanol–water partition coefficient (Wildman–Crippen LogP) is 6.01. The normalized spacial score (nSPS) is 10.9. The van der Waals surface area contributed by atoms with E-state index in [-0.39, 0.29) is 20.1 Å². The number of rotatable bonds is 1. The van der Waals surface area contributed by atoms with Gasteiger partial charge in [0, 0.05) is 31.7 Å². The maximum Gasteiger partial charge on any atom is 0.0245 e. The Hall–Kier alpha value is -2.54. The maximum absolute atomic E-state index is 4.70. The number of benzene rings is 4. The predicted molar refractivity (Wildman–Crippen MR) is 101 cm³/mol. The zero-order valence-electron chi connectivity index (χ0n) is 13.4. The van der Waals surface area contributed by atoms with Crippen LogP contribution in [0, 0.1) is 6.07 Å². The summed E-state index contributed by atoms with van der Waals surface area (Å²) in [7, 11) is 0. The van der Waals surface area contributed by atoms with Crippen LogP contribution in [0.5, 0.6) is 0 Å². The molecule has 25 heavy (non-hydrogen) atoms. The zero-order chi connectivity index (χ0) is 15.9. The van der Waals surface area contributed by atoms with E-state index in [9.17, 15) is 0 Å². The van der Waals surface area contributed by atoms with Gasteiger partial charge in [-0.25, -0.2) is 0 Å². The minimum atomic E-state index is 0. The van der Waals surface area contributed by atoms with Gasteiger partial charge in [0.2, 0.25) is 0 Å². The Morgan fingerprint density at radius 1 is 0.640 bits per heavy atom. The number of hydrogen-bond acceptors (Lipinski definition) is 1. The Labute approximate surface area is 159 Å². The average Bonchev–Trinajstić information content (AvgIpc) is 2.67. The average molecular weight is 497 g/mol. The van der Waals surface area contributed by atoms with Gasteiger partial charge in [0.1, 0.15) is 0 Å². The summed E-state index contributed by atoms with van der Waals surface area (Å²) in [6, 6.07) is 30.8. The van der Waals surface area contributed by atoms with Crippen molar-refractivity contribution >= 4 is 32.3 Å². The minimum absolute atomic E-state index is 0. The van der Waals surface area contributed by atoms with Crippen LogP contribution in [0.15, 0.2) is 85.1 Å². The first-order valence-corrected chi connectivity index (χ1v) is 8.07. The number of hydrogen-bond donors (Lipinski definition) is 0. The molecule has 0 aliphatic carbocycles. The molecule has 0 atom stereocenters. The molecule has 0 spiro atoms. The fraction of sp³-hybridized carbons (Fsp3) is 0. The van der Waals surface area contributed by atoms with Gasteiger partial charge in [0.05, 0.1) is 0 Å². The monoisotopic (exact) mass is 497 g/mol. The molecule has 1 radical (unpaired) electrons. The molecule has 0 aliphatic rings. The van der Waals surface area contributed by atoms with Crippen LogP contribution in [0.3, 0.4) is 0 Å².